The van der Waals surface area contributed by atoms with Gasteiger partial charge < -0.3 is 15.3 Å². The Morgan fingerprint density at radius 2 is 1.92 bits per heavy atom. The Morgan fingerprint density at radius 1 is 1.23 bits per heavy atom. The van der Waals surface area contributed by atoms with Gasteiger partial charge in [-0.15, -0.1) is 0 Å². The molecular weight excluding hydrogens is 338 g/mol. The number of halogens is 2. The van der Waals surface area contributed by atoms with Crippen LogP contribution in [0.15, 0.2) is 30.5 Å². The summed E-state index contributed by atoms with van der Waals surface area (Å²) in [6.07, 6.45) is 3.57. The lowest BCUT2D eigenvalue weighted by Crippen LogP contribution is -2.35. The molecule has 2 N–H and O–H groups in total. The van der Waals surface area contributed by atoms with Crippen LogP contribution < -0.4 is 10.2 Å². The lowest BCUT2D eigenvalue weighted by atomic mass is 9.98. The number of aromatic nitrogens is 1. The topological polar surface area (TPSA) is 72.2 Å². The SMILES string of the molecule is N#Cc1cc(F)c(NCc2ccc(N3CCC(CO)CC3)nc2)c(F)c1. The monoisotopic (exact) mass is 358 g/mol. The van der Waals surface area contributed by atoms with Gasteiger partial charge in [0.25, 0.3) is 0 Å². The number of rotatable bonds is 5. The third-order valence-corrected chi connectivity index (χ3v) is 4.65. The number of nitrogens with one attached hydrogen (secondary N) is 1. The fourth-order valence-electron chi connectivity index (χ4n) is 3.05. The van der Waals surface area contributed by atoms with Crippen LogP contribution in [0.3, 0.4) is 0 Å². The average Bonchev–Trinajstić information content (AvgIpc) is 2.67. The molecule has 5 nitrogen and oxygen atoms in total. The van der Waals surface area contributed by atoms with Crippen molar-refractivity contribution in [2.45, 2.75) is 19.4 Å². The Balaban J connectivity index is 1.61. The quantitative estimate of drug-likeness (QED) is 0.860. The fraction of sp³-hybridized carbons (Fsp3) is 0.368. The van der Waals surface area contributed by atoms with Crippen LogP contribution >= 0.6 is 0 Å². The molecule has 1 saturated heterocycles. The van der Waals surface area contributed by atoms with E-state index in [0.29, 0.717) is 5.92 Å². The molecule has 1 aliphatic rings. The van der Waals surface area contributed by atoms with Crippen LogP contribution in [0.4, 0.5) is 20.3 Å². The van der Waals surface area contributed by atoms with Gasteiger partial charge in [0.1, 0.15) is 11.5 Å². The first kappa shape index (κ1) is 18.1. The van der Waals surface area contributed by atoms with Crippen LogP contribution in [0.5, 0.6) is 0 Å². The van der Waals surface area contributed by atoms with Crippen molar-refractivity contribution in [3.8, 4) is 6.07 Å². The molecule has 2 aromatic rings. The van der Waals surface area contributed by atoms with Crippen molar-refractivity contribution in [3.05, 3.63) is 53.2 Å². The van der Waals surface area contributed by atoms with E-state index in [4.69, 9.17) is 5.26 Å². The normalized spacial score (nSPS) is 14.9. The minimum absolute atomic E-state index is 0.0541. The molecular formula is C19H20F2N4O. The summed E-state index contributed by atoms with van der Waals surface area (Å²) in [7, 11) is 0. The van der Waals surface area contributed by atoms with Crippen molar-refractivity contribution >= 4 is 11.5 Å². The highest BCUT2D eigenvalue weighted by atomic mass is 19.1. The van der Waals surface area contributed by atoms with Crippen LogP contribution in [0.25, 0.3) is 0 Å². The molecule has 1 fully saturated rings. The van der Waals surface area contributed by atoms with Crippen molar-refractivity contribution < 1.29 is 13.9 Å². The molecule has 26 heavy (non-hydrogen) atoms. The third-order valence-electron chi connectivity index (χ3n) is 4.65. The molecule has 0 saturated carbocycles. The number of hydrogen-bond donors (Lipinski definition) is 2. The number of aliphatic hydroxyl groups is 1. The minimum atomic E-state index is -0.794. The number of aliphatic hydroxyl groups excluding tert-OH is 1. The van der Waals surface area contributed by atoms with E-state index in [1.165, 1.54) is 0 Å². The first-order chi connectivity index (χ1) is 12.6. The summed E-state index contributed by atoms with van der Waals surface area (Å²) in [6.45, 7) is 2.17. The van der Waals surface area contributed by atoms with Crippen LogP contribution in [-0.2, 0) is 6.54 Å². The molecule has 0 amide bonds. The molecule has 1 aromatic heterocycles. The number of nitriles is 1. The maximum atomic E-state index is 13.9. The second kappa shape index (κ2) is 8.11. The molecule has 0 aliphatic carbocycles. The summed E-state index contributed by atoms with van der Waals surface area (Å²) in [5, 5.41) is 20.6. The molecule has 1 aliphatic heterocycles. The molecule has 136 valence electrons. The molecule has 1 aromatic carbocycles. The summed E-state index contributed by atoms with van der Waals surface area (Å²) in [5.74, 6) is -0.358. The Labute approximate surface area is 150 Å². The van der Waals surface area contributed by atoms with Gasteiger partial charge in [0, 0.05) is 32.4 Å². The highest BCUT2D eigenvalue weighted by Crippen LogP contribution is 2.23. The lowest BCUT2D eigenvalue weighted by molar-refractivity contribution is 0.203. The maximum Gasteiger partial charge on any atom is 0.150 e. The number of benzene rings is 1. The number of nitrogens with zero attached hydrogens (tertiary/aromatic N) is 3. The highest BCUT2D eigenvalue weighted by Gasteiger charge is 2.19. The van der Waals surface area contributed by atoms with E-state index in [-0.39, 0.29) is 24.4 Å². The third kappa shape index (κ3) is 4.09. The van der Waals surface area contributed by atoms with Gasteiger partial charge in [-0.05, 0) is 42.5 Å². The van der Waals surface area contributed by atoms with Crippen LogP contribution in [0.1, 0.15) is 24.0 Å². The molecule has 7 heteroatoms. The zero-order valence-corrected chi connectivity index (χ0v) is 14.3. The highest BCUT2D eigenvalue weighted by molar-refractivity contribution is 5.51. The standard InChI is InChI=1S/C19H20F2N4O/c20-16-7-15(9-22)8-17(21)19(16)24-11-14-1-2-18(23-10-14)25-5-3-13(12-26)4-6-25/h1-2,7-8,10,13,24,26H,3-6,11-12H2. The summed E-state index contributed by atoms with van der Waals surface area (Å²) in [5.41, 5.74) is 0.489. The molecule has 3 rings (SSSR count). The second-order valence-electron chi connectivity index (χ2n) is 6.42. The molecule has 0 radical (unpaired) electrons. The van der Waals surface area contributed by atoms with Crippen LogP contribution in [-0.4, -0.2) is 29.8 Å². The van der Waals surface area contributed by atoms with E-state index < -0.39 is 11.6 Å². The molecule has 0 atom stereocenters. The first-order valence-corrected chi connectivity index (χ1v) is 8.54. The average molecular weight is 358 g/mol. The number of hydrogen-bond acceptors (Lipinski definition) is 5. The summed E-state index contributed by atoms with van der Waals surface area (Å²) in [6, 6.07) is 7.48. The lowest BCUT2D eigenvalue weighted by Gasteiger charge is -2.32. The van der Waals surface area contributed by atoms with E-state index >= 15 is 0 Å². The number of anilines is 2. The van der Waals surface area contributed by atoms with E-state index in [2.05, 4.69) is 15.2 Å². The molecule has 0 bridgehead atoms. The Hall–Kier alpha value is -2.72. The van der Waals surface area contributed by atoms with Gasteiger partial charge in [-0.25, -0.2) is 13.8 Å². The Kier molecular flexibility index (Phi) is 5.64. The minimum Gasteiger partial charge on any atom is -0.396 e. The second-order valence-corrected chi connectivity index (χ2v) is 6.42. The van der Waals surface area contributed by atoms with Gasteiger partial charge in [-0.3, -0.25) is 0 Å². The van der Waals surface area contributed by atoms with E-state index in [0.717, 1.165) is 49.4 Å². The van der Waals surface area contributed by atoms with Gasteiger partial charge in [-0.1, -0.05) is 6.07 Å². The molecule has 2 heterocycles. The van der Waals surface area contributed by atoms with Crippen molar-refractivity contribution in [2.24, 2.45) is 5.92 Å². The predicted molar refractivity (Wildman–Crippen MR) is 94.7 cm³/mol. The van der Waals surface area contributed by atoms with Crippen LogP contribution in [0, 0.1) is 28.9 Å². The van der Waals surface area contributed by atoms with Gasteiger partial charge in [0.2, 0.25) is 0 Å². The zero-order valence-electron chi connectivity index (χ0n) is 14.3. The van der Waals surface area contributed by atoms with Gasteiger partial charge in [-0.2, -0.15) is 5.26 Å². The van der Waals surface area contributed by atoms with Crippen molar-refractivity contribution in [2.75, 3.05) is 29.9 Å². The predicted octanol–water partition coefficient (Wildman–Crippen LogP) is 3.05. The smallest absolute Gasteiger partial charge is 0.150 e. The fourth-order valence-corrected chi connectivity index (χ4v) is 3.05. The molecule has 0 spiro atoms. The van der Waals surface area contributed by atoms with E-state index in [1.54, 1.807) is 12.3 Å². The maximum absolute atomic E-state index is 13.9. The van der Waals surface area contributed by atoms with Crippen molar-refractivity contribution in [1.82, 2.24) is 4.98 Å². The van der Waals surface area contributed by atoms with Gasteiger partial charge in [0.05, 0.1) is 11.6 Å². The largest absolute Gasteiger partial charge is 0.396 e. The van der Waals surface area contributed by atoms with E-state index in [9.17, 15) is 13.9 Å². The number of pyridine rings is 1. The Morgan fingerprint density at radius 3 is 2.46 bits per heavy atom. The molecule has 0 unspecified atom stereocenters. The Bertz CT molecular complexity index is 773. The van der Waals surface area contributed by atoms with Gasteiger partial charge in [0.15, 0.2) is 11.6 Å². The summed E-state index contributed by atoms with van der Waals surface area (Å²) in [4.78, 5) is 6.60. The van der Waals surface area contributed by atoms with E-state index in [1.807, 2.05) is 12.1 Å². The van der Waals surface area contributed by atoms with Crippen LogP contribution in [0.2, 0.25) is 0 Å². The zero-order chi connectivity index (χ0) is 18.5. The summed E-state index contributed by atoms with van der Waals surface area (Å²) >= 11 is 0. The van der Waals surface area contributed by atoms with Crippen molar-refractivity contribution in [3.63, 3.8) is 0 Å². The summed E-state index contributed by atoms with van der Waals surface area (Å²) < 4.78 is 27.7. The van der Waals surface area contributed by atoms with Crippen molar-refractivity contribution in [1.29, 1.82) is 5.26 Å². The van der Waals surface area contributed by atoms with Gasteiger partial charge >= 0.3 is 0 Å². The number of piperidine rings is 1. The first-order valence-electron chi connectivity index (χ1n) is 8.54.